The predicted octanol–water partition coefficient (Wildman–Crippen LogP) is 3.91. The number of fused-ring (bicyclic) bond motifs is 1. The zero-order chi connectivity index (χ0) is 14.5. The van der Waals surface area contributed by atoms with Crippen LogP contribution in [0.5, 0.6) is 11.5 Å². The second-order valence-electron chi connectivity index (χ2n) is 6.30. The molecule has 1 fully saturated rings. The minimum absolute atomic E-state index is 0.662. The molecule has 0 saturated heterocycles. The molecule has 0 radical (unpaired) electrons. The maximum atomic E-state index is 5.89. The lowest BCUT2D eigenvalue weighted by molar-refractivity contribution is 0.281. The summed E-state index contributed by atoms with van der Waals surface area (Å²) in [4.78, 5) is 0. The molecule has 0 aromatic heterocycles. The van der Waals surface area contributed by atoms with E-state index in [0.29, 0.717) is 6.04 Å². The molecule has 1 N–H and O–H groups in total. The van der Waals surface area contributed by atoms with E-state index in [1.165, 1.54) is 37.7 Å². The van der Waals surface area contributed by atoms with Crippen molar-refractivity contribution in [2.24, 2.45) is 5.92 Å². The van der Waals surface area contributed by atoms with Gasteiger partial charge in [0.05, 0.1) is 13.2 Å². The first kappa shape index (κ1) is 14.7. The number of para-hydroxylation sites is 1. The van der Waals surface area contributed by atoms with Gasteiger partial charge in [-0.25, -0.2) is 0 Å². The molecule has 21 heavy (non-hydrogen) atoms. The number of hydrogen-bond donors (Lipinski definition) is 1. The van der Waals surface area contributed by atoms with Gasteiger partial charge < -0.3 is 14.8 Å². The summed E-state index contributed by atoms with van der Waals surface area (Å²) in [6, 6.07) is 6.89. The smallest absolute Gasteiger partial charge is 0.165 e. The first-order valence-corrected chi connectivity index (χ1v) is 8.47. The average molecular weight is 289 g/mol. The van der Waals surface area contributed by atoms with E-state index in [0.717, 1.165) is 43.6 Å². The molecule has 1 aliphatic heterocycles. The minimum atomic E-state index is 0.662. The summed E-state index contributed by atoms with van der Waals surface area (Å²) in [6.45, 7) is 4.71. The Labute approximate surface area is 128 Å². The summed E-state index contributed by atoms with van der Waals surface area (Å²) in [5.74, 6) is 2.80. The van der Waals surface area contributed by atoms with Crippen LogP contribution >= 0.6 is 0 Å². The van der Waals surface area contributed by atoms with Crippen molar-refractivity contribution in [3.63, 3.8) is 0 Å². The molecule has 3 nitrogen and oxygen atoms in total. The van der Waals surface area contributed by atoms with Gasteiger partial charge in [-0.05, 0) is 37.7 Å². The number of ether oxygens (including phenoxy) is 2. The summed E-state index contributed by atoms with van der Waals surface area (Å²) in [5.41, 5.74) is 1.23. The molecule has 1 aliphatic carbocycles. The van der Waals surface area contributed by atoms with Crippen molar-refractivity contribution in [3.05, 3.63) is 23.8 Å². The van der Waals surface area contributed by atoms with Crippen LogP contribution in [-0.4, -0.2) is 19.3 Å². The van der Waals surface area contributed by atoms with E-state index in [2.05, 4.69) is 24.4 Å². The first-order valence-electron chi connectivity index (χ1n) is 8.47. The van der Waals surface area contributed by atoms with Crippen LogP contribution in [-0.2, 0) is 6.54 Å². The molecule has 0 unspecified atom stereocenters. The Balaban J connectivity index is 1.58. The highest BCUT2D eigenvalue weighted by atomic mass is 16.5. The van der Waals surface area contributed by atoms with Gasteiger partial charge in [0.1, 0.15) is 0 Å². The van der Waals surface area contributed by atoms with Gasteiger partial charge in [-0.1, -0.05) is 25.5 Å². The van der Waals surface area contributed by atoms with Crippen LogP contribution in [0.2, 0.25) is 0 Å². The number of benzene rings is 1. The summed E-state index contributed by atoms with van der Waals surface area (Å²) in [5, 5.41) is 3.72. The molecular weight excluding hydrogens is 262 g/mol. The maximum Gasteiger partial charge on any atom is 0.165 e. The fourth-order valence-electron chi connectivity index (χ4n) is 3.42. The first-order chi connectivity index (χ1) is 10.4. The number of rotatable bonds is 4. The topological polar surface area (TPSA) is 30.5 Å². The fraction of sp³-hybridized carbons (Fsp3) is 0.667. The van der Waals surface area contributed by atoms with E-state index in [4.69, 9.17) is 9.47 Å². The monoisotopic (exact) mass is 289 g/mol. The zero-order valence-corrected chi connectivity index (χ0v) is 13.1. The van der Waals surface area contributed by atoms with Crippen LogP contribution in [0.15, 0.2) is 18.2 Å². The third kappa shape index (κ3) is 3.70. The largest absolute Gasteiger partial charge is 0.490 e. The summed E-state index contributed by atoms with van der Waals surface area (Å²) < 4.78 is 11.6. The highest BCUT2D eigenvalue weighted by Crippen LogP contribution is 2.33. The Morgan fingerprint density at radius 1 is 1.10 bits per heavy atom. The lowest BCUT2D eigenvalue weighted by atomic mass is 9.84. The SMILES string of the molecule is CCC1CCC(NCc2cccc3c2OCCCO3)CC1. The molecular formula is C18H27NO2. The quantitative estimate of drug-likeness (QED) is 0.911. The van der Waals surface area contributed by atoms with Gasteiger partial charge in [0.25, 0.3) is 0 Å². The highest BCUT2D eigenvalue weighted by Gasteiger charge is 2.20. The molecule has 1 heterocycles. The highest BCUT2D eigenvalue weighted by molar-refractivity contribution is 5.47. The predicted molar refractivity (Wildman–Crippen MR) is 84.9 cm³/mol. The third-order valence-electron chi connectivity index (χ3n) is 4.86. The molecule has 2 aliphatic rings. The Hall–Kier alpha value is -1.22. The van der Waals surface area contributed by atoms with Crippen LogP contribution in [0.1, 0.15) is 51.0 Å². The Morgan fingerprint density at radius 2 is 1.90 bits per heavy atom. The summed E-state index contributed by atoms with van der Waals surface area (Å²) in [7, 11) is 0. The van der Waals surface area contributed by atoms with Gasteiger partial charge in [0, 0.05) is 24.6 Å². The third-order valence-corrected chi connectivity index (χ3v) is 4.86. The lowest BCUT2D eigenvalue weighted by Crippen LogP contribution is -2.32. The molecule has 3 rings (SSSR count). The molecule has 1 aromatic carbocycles. The van der Waals surface area contributed by atoms with E-state index >= 15 is 0 Å². The van der Waals surface area contributed by atoms with Gasteiger partial charge in [-0.3, -0.25) is 0 Å². The van der Waals surface area contributed by atoms with Crippen LogP contribution in [0, 0.1) is 5.92 Å². The van der Waals surface area contributed by atoms with Crippen molar-refractivity contribution < 1.29 is 9.47 Å². The molecule has 0 amide bonds. The fourth-order valence-corrected chi connectivity index (χ4v) is 3.42. The van der Waals surface area contributed by atoms with E-state index in [1.54, 1.807) is 0 Å². The van der Waals surface area contributed by atoms with Gasteiger partial charge in [0.2, 0.25) is 0 Å². The van der Waals surface area contributed by atoms with Gasteiger partial charge in [-0.2, -0.15) is 0 Å². The molecule has 0 spiro atoms. The van der Waals surface area contributed by atoms with Gasteiger partial charge in [0.15, 0.2) is 11.5 Å². The van der Waals surface area contributed by atoms with Gasteiger partial charge >= 0.3 is 0 Å². The number of nitrogens with one attached hydrogen (secondary N) is 1. The van der Waals surface area contributed by atoms with Crippen molar-refractivity contribution in [2.75, 3.05) is 13.2 Å². The molecule has 1 aromatic rings. The number of hydrogen-bond acceptors (Lipinski definition) is 3. The molecule has 3 heteroatoms. The Morgan fingerprint density at radius 3 is 2.71 bits per heavy atom. The lowest BCUT2D eigenvalue weighted by Gasteiger charge is -2.28. The van der Waals surface area contributed by atoms with Crippen LogP contribution in [0.3, 0.4) is 0 Å². The van der Waals surface area contributed by atoms with Gasteiger partial charge in [-0.15, -0.1) is 0 Å². The second-order valence-corrected chi connectivity index (χ2v) is 6.30. The van der Waals surface area contributed by atoms with Crippen molar-refractivity contribution in [1.82, 2.24) is 5.32 Å². The molecule has 1 saturated carbocycles. The summed E-state index contributed by atoms with van der Waals surface area (Å²) >= 11 is 0. The summed E-state index contributed by atoms with van der Waals surface area (Å²) in [6.07, 6.45) is 7.67. The van der Waals surface area contributed by atoms with Crippen LogP contribution in [0.4, 0.5) is 0 Å². The van der Waals surface area contributed by atoms with Crippen molar-refractivity contribution >= 4 is 0 Å². The second kappa shape index (κ2) is 7.17. The van der Waals surface area contributed by atoms with Crippen molar-refractivity contribution in [3.8, 4) is 11.5 Å². The zero-order valence-electron chi connectivity index (χ0n) is 13.1. The molecule has 0 bridgehead atoms. The normalized spacial score (nSPS) is 25.4. The average Bonchev–Trinajstić information content (AvgIpc) is 2.79. The Kier molecular flexibility index (Phi) is 5.02. The Bertz CT molecular complexity index is 453. The molecule has 0 atom stereocenters. The van der Waals surface area contributed by atoms with Crippen LogP contribution in [0.25, 0.3) is 0 Å². The van der Waals surface area contributed by atoms with E-state index < -0.39 is 0 Å². The standard InChI is InChI=1S/C18H27NO2/c1-2-14-7-9-16(10-8-14)19-13-15-5-3-6-17-18(15)21-12-4-11-20-17/h3,5-6,14,16,19H,2,4,7-13H2,1H3. The van der Waals surface area contributed by atoms with E-state index in [-0.39, 0.29) is 0 Å². The van der Waals surface area contributed by atoms with Crippen molar-refractivity contribution in [1.29, 1.82) is 0 Å². The maximum absolute atomic E-state index is 5.89. The molecule has 116 valence electrons. The minimum Gasteiger partial charge on any atom is -0.490 e. The van der Waals surface area contributed by atoms with E-state index in [1.807, 2.05) is 6.07 Å². The van der Waals surface area contributed by atoms with E-state index in [9.17, 15) is 0 Å². The van der Waals surface area contributed by atoms with Crippen molar-refractivity contribution in [2.45, 2.75) is 58.0 Å². The van der Waals surface area contributed by atoms with Crippen LogP contribution < -0.4 is 14.8 Å².